The minimum atomic E-state index is -3.44. The van der Waals surface area contributed by atoms with Crippen LogP contribution in [0.25, 0.3) is 0 Å². The standard InChI is InChI=1S/C14H22N2O2S/c1-3-5-12-8-9-16(10-12)19(17,18)14-11(2)6-4-7-13(14)15/h4,6-7,12H,3,5,8-10,15H2,1-2H3. The second-order valence-corrected chi connectivity index (χ2v) is 7.17. The second kappa shape index (κ2) is 5.51. The zero-order chi connectivity index (χ0) is 14.0. The predicted molar refractivity (Wildman–Crippen MR) is 77.4 cm³/mol. The van der Waals surface area contributed by atoms with Crippen LogP contribution in [0.5, 0.6) is 0 Å². The Hall–Kier alpha value is -1.07. The molecule has 19 heavy (non-hydrogen) atoms. The molecule has 0 amide bonds. The quantitative estimate of drug-likeness (QED) is 0.862. The van der Waals surface area contributed by atoms with E-state index >= 15 is 0 Å². The SMILES string of the molecule is CCCC1CCN(S(=O)(=O)c2c(C)cccc2N)C1. The molecule has 1 saturated heterocycles. The van der Waals surface area contributed by atoms with Crippen LogP contribution in [-0.2, 0) is 10.0 Å². The third-order valence-corrected chi connectivity index (χ3v) is 5.87. The normalized spacial score (nSPS) is 20.8. The summed E-state index contributed by atoms with van der Waals surface area (Å²) in [5.74, 6) is 0.491. The number of rotatable bonds is 4. The molecule has 5 heteroatoms. The Kier molecular flexibility index (Phi) is 4.16. The number of nitrogen functional groups attached to an aromatic ring is 1. The summed E-state index contributed by atoms with van der Waals surface area (Å²) in [6.07, 6.45) is 3.15. The molecule has 0 spiro atoms. The van der Waals surface area contributed by atoms with Crippen LogP contribution in [0.4, 0.5) is 5.69 Å². The average Bonchev–Trinajstić information content (AvgIpc) is 2.78. The van der Waals surface area contributed by atoms with Gasteiger partial charge in [0.05, 0.1) is 5.69 Å². The lowest BCUT2D eigenvalue weighted by molar-refractivity contribution is 0.444. The highest BCUT2D eigenvalue weighted by Gasteiger charge is 2.33. The van der Waals surface area contributed by atoms with Crippen LogP contribution >= 0.6 is 0 Å². The van der Waals surface area contributed by atoms with Gasteiger partial charge in [-0.1, -0.05) is 25.5 Å². The van der Waals surface area contributed by atoms with E-state index < -0.39 is 10.0 Å². The molecule has 1 unspecified atom stereocenters. The Bertz CT molecular complexity index is 534. The van der Waals surface area contributed by atoms with E-state index in [4.69, 9.17) is 5.73 Å². The van der Waals surface area contributed by atoms with Crippen molar-refractivity contribution in [3.05, 3.63) is 23.8 Å². The van der Waals surface area contributed by atoms with E-state index in [1.807, 2.05) is 0 Å². The zero-order valence-electron chi connectivity index (χ0n) is 11.6. The van der Waals surface area contributed by atoms with E-state index in [2.05, 4.69) is 6.92 Å². The Morgan fingerprint density at radius 3 is 2.79 bits per heavy atom. The van der Waals surface area contributed by atoms with Crippen LogP contribution < -0.4 is 5.73 Å². The fraction of sp³-hybridized carbons (Fsp3) is 0.571. The Morgan fingerprint density at radius 2 is 2.16 bits per heavy atom. The van der Waals surface area contributed by atoms with Crippen molar-refractivity contribution in [2.24, 2.45) is 5.92 Å². The Morgan fingerprint density at radius 1 is 1.42 bits per heavy atom. The third-order valence-electron chi connectivity index (χ3n) is 3.79. The van der Waals surface area contributed by atoms with Crippen LogP contribution in [0, 0.1) is 12.8 Å². The molecule has 1 atom stereocenters. The van der Waals surface area contributed by atoms with Gasteiger partial charge >= 0.3 is 0 Å². The summed E-state index contributed by atoms with van der Waals surface area (Å²) in [6, 6.07) is 5.23. The summed E-state index contributed by atoms with van der Waals surface area (Å²) < 4.78 is 26.9. The molecule has 1 heterocycles. The van der Waals surface area contributed by atoms with Gasteiger partial charge in [-0.3, -0.25) is 0 Å². The summed E-state index contributed by atoms with van der Waals surface area (Å²) in [5, 5.41) is 0. The first kappa shape index (κ1) is 14.3. The van der Waals surface area contributed by atoms with E-state index in [9.17, 15) is 8.42 Å². The molecule has 106 valence electrons. The maximum atomic E-state index is 12.7. The average molecular weight is 282 g/mol. The molecule has 1 fully saturated rings. The van der Waals surface area contributed by atoms with Crippen LogP contribution in [-0.4, -0.2) is 25.8 Å². The van der Waals surface area contributed by atoms with Gasteiger partial charge in [0, 0.05) is 13.1 Å². The van der Waals surface area contributed by atoms with E-state index in [1.54, 1.807) is 29.4 Å². The smallest absolute Gasteiger partial charge is 0.245 e. The molecule has 2 N–H and O–H groups in total. The van der Waals surface area contributed by atoms with Gasteiger partial charge in [0.1, 0.15) is 4.90 Å². The fourth-order valence-electron chi connectivity index (χ4n) is 2.82. The first-order chi connectivity index (χ1) is 8.96. The molecular weight excluding hydrogens is 260 g/mol. The van der Waals surface area contributed by atoms with E-state index in [-0.39, 0.29) is 4.90 Å². The van der Waals surface area contributed by atoms with Gasteiger partial charge in [-0.05, 0) is 37.3 Å². The van der Waals surface area contributed by atoms with Gasteiger partial charge in [-0.2, -0.15) is 4.31 Å². The molecule has 0 saturated carbocycles. The van der Waals surface area contributed by atoms with Gasteiger partial charge in [-0.25, -0.2) is 8.42 Å². The lowest BCUT2D eigenvalue weighted by atomic mass is 10.0. The molecule has 1 aromatic rings. The summed E-state index contributed by atoms with van der Waals surface area (Å²) in [7, 11) is -3.44. The number of nitrogens with two attached hydrogens (primary N) is 1. The summed E-state index contributed by atoms with van der Waals surface area (Å²) >= 11 is 0. The summed E-state index contributed by atoms with van der Waals surface area (Å²) in [6.45, 7) is 5.17. The lowest BCUT2D eigenvalue weighted by Crippen LogP contribution is -2.30. The molecule has 0 aliphatic carbocycles. The summed E-state index contributed by atoms with van der Waals surface area (Å²) in [4.78, 5) is 0.284. The highest BCUT2D eigenvalue weighted by Crippen LogP contribution is 2.31. The highest BCUT2D eigenvalue weighted by molar-refractivity contribution is 7.89. The van der Waals surface area contributed by atoms with Crippen molar-refractivity contribution in [1.29, 1.82) is 0 Å². The minimum absolute atomic E-state index is 0.284. The topological polar surface area (TPSA) is 63.4 Å². The highest BCUT2D eigenvalue weighted by atomic mass is 32.2. The largest absolute Gasteiger partial charge is 0.398 e. The molecule has 0 bridgehead atoms. The molecule has 0 aromatic heterocycles. The molecule has 0 radical (unpaired) electrons. The number of sulfonamides is 1. The van der Waals surface area contributed by atoms with E-state index in [0.29, 0.717) is 24.7 Å². The van der Waals surface area contributed by atoms with Crippen LogP contribution in [0.2, 0.25) is 0 Å². The number of hydrogen-bond acceptors (Lipinski definition) is 3. The van der Waals surface area contributed by atoms with Crippen molar-refractivity contribution in [3.8, 4) is 0 Å². The van der Waals surface area contributed by atoms with Crippen LogP contribution in [0.15, 0.2) is 23.1 Å². The van der Waals surface area contributed by atoms with Crippen LogP contribution in [0.1, 0.15) is 31.7 Å². The van der Waals surface area contributed by atoms with Crippen molar-refractivity contribution < 1.29 is 8.42 Å². The van der Waals surface area contributed by atoms with E-state index in [1.165, 1.54) is 0 Å². The van der Waals surface area contributed by atoms with Gasteiger partial charge in [0.2, 0.25) is 10.0 Å². The Labute approximate surface area is 115 Å². The molecule has 1 aliphatic rings. The zero-order valence-corrected chi connectivity index (χ0v) is 12.4. The van der Waals surface area contributed by atoms with Gasteiger partial charge in [0.15, 0.2) is 0 Å². The lowest BCUT2D eigenvalue weighted by Gasteiger charge is -2.19. The number of nitrogens with zero attached hydrogens (tertiary/aromatic N) is 1. The fourth-order valence-corrected chi connectivity index (χ4v) is 4.67. The molecule has 2 rings (SSSR count). The molecular formula is C14H22N2O2S. The van der Waals surface area contributed by atoms with Crippen molar-refractivity contribution in [1.82, 2.24) is 4.31 Å². The maximum Gasteiger partial charge on any atom is 0.245 e. The van der Waals surface area contributed by atoms with Crippen molar-refractivity contribution in [2.75, 3.05) is 18.8 Å². The molecule has 1 aromatic carbocycles. The van der Waals surface area contributed by atoms with Crippen LogP contribution in [0.3, 0.4) is 0 Å². The molecule has 4 nitrogen and oxygen atoms in total. The van der Waals surface area contributed by atoms with Gasteiger partial charge < -0.3 is 5.73 Å². The number of benzene rings is 1. The monoisotopic (exact) mass is 282 g/mol. The first-order valence-corrected chi connectivity index (χ1v) is 8.26. The predicted octanol–water partition coefficient (Wildman–Crippen LogP) is 2.39. The minimum Gasteiger partial charge on any atom is -0.398 e. The second-order valence-electron chi connectivity index (χ2n) is 5.30. The van der Waals surface area contributed by atoms with Crippen molar-refractivity contribution >= 4 is 15.7 Å². The first-order valence-electron chi connectivity index (χ1n) is 6.82. The van der Waals surface area contributed by atoms with Crippen molar-refractivity contribution in [3.63, 3.8) is 0 Å². The van der Waals surface area contributed by atoms with Crippen molar-refractivity contribution in [2.45, 2.75) is 38.0 Å². The third kappa shape index (κ3) is 2.77. The maximum absolute atomic E-state index is 12.7. The van der Waals surface area contributed by atoms with E-state index in [0.717, 1.165) is 24.8 Å². The number of anilines is 1. The number of hydrogen-bond donors (Lipinski definition) is 1. The summed E-state index contributed by atoms with van der Waals surface area (Å²) in [5.41, 5.74) is 6.93. The van der Waals surface area contributed by atoms with Gasteiger partial charge in [0.25, 0.3) is 0 Å². The molecule has 1 aliphatic heterocycles. The number of aryl methyl sites for hydroxylation is 1. The Balaban J connectivity index is 2.29. The van der Waals surface area contributed by atoms with Gasteiger partial charge in [-0.15, -0.1) is 0 Å².